The number of nitrogen functional groups attached to an aromatic ring is 1. The summed E-state index contributed by atoms with van der Waals surface area (Å²) >= 11 is 0. The molecule has 0 aliphatic heterocycles. The third-order valence-electron chi connectivity index (χ3n) is 3.28. The third kappa shape index (κ3) is 2.40. The van der Waals surface area contributed by atoms with Gasteiger partial charge in [-0.05, 0) is 24.1 Å². The maximum absolute atomic E-state index is 5.90. The number of benzene rings is 2. The smallest absolute Gasteiger partial charge is 0.231 e. The van der Waals surface area contributed by atoms with Gasteiger partial charge < -0.3 is 10.3 Å². The topological polar surface area (TPSA) is 64.9 Å². The molecule has 4 heteroatoms. The molecule has 0 spiro atoms. The van der Waals surface area contributed by atoms with Crippen LogP contribution in [-0.2, 0) is 6.42 Å². The van der Waals surface area contributed by atoms with Gasteiger partial charge in [-0.15, -0.1) is 0 Å². The van der Waals surface area contributed by atoms with Gasteiger partial charge in [0, 0.05) is 11.3 Å². The zero-order valence-electron chi connectivity index (χ0n) is 11.2. The van der Waals surface area contributed by atoms with Gasteiger partial charge in [0.25, 0.3) is 0 Å². The molecule has 0 aliphatic rings. The molecule has 0 radical (unpaired) electrons. The molecule has 0 saturated carbocycles. The lowest BCUT2D eigenvalue weighted by atomic mass is 10.1. The number of anilines is 1. The summed E-state index contributed by atoms with van der Waals surface area (Å²) < 4.78 is 5.32. The lowest BCUT2D eigenvalue weighted by molar-refractivity contribution is 0.385. The van der Waals surface area contributed by atoms with Crippen molar-refractivity contribution in [2.45, 2.75) is 13.3 Å². The quantitative estimate of drug-likeness (QED) is 0.738. The molecule has 100 valence electrons. The van der Waals surface area contributed by atoms with Crippen molar-refractivity contribution >= 4 is 5.69 Å². The fourth-order valence-corrected chi connectivity index (χ4v) is 2.10. The maximum Gasteiger partial charge on any atom is 0.231 e. The molecule has 1 aromatic heterocycles. The van der Waals surface area contributed by atoms with Crippen LogP contribution in [0, 0.1) is 6.92 Å². The number of nitrogens with two attached hydrogens (primary N) is 1. The van der Waals surface area contributed by atoms with Gasteiger partial charge in [0.2, 0.25) is 11.7 Å². The first-order chi connectivity index (χ1) is 9.74. The summed E-state index contributed by atoms with van der Waals surface area (Å²) in [5.74, 6) is 1.19. The molecule has 0 saturated heterocycles. The van der Waals surface area contributed by atoms with Crippen LogP contribution in [0.1, 0.15) is 17.0 Å². The second-order valence-electron chi connectivity index (χ2n) is 4.69. The predicted molar refractivity (Wildman–Crippen MR) is 78.1 cm³/mol. The van der Waals surface area contributed by atoms with E-state index in [1.807, 2.05) is 55.5 Å². The van der Waals surface area contributed by atoms with E-state index in [2.05, 4.69) is 10.1 Å². The van der Waals surface area contributed by atoms with Crippen molar-refractivity contribution in [2.24, 2.45) is 0 Å². The van der Waals surface area contributed by atoms with Gasteiger partial charge in [-0.1, -0.05) is 47.6 Å². The Hall–Kier alpha value is -2.62. The van der Waals surface area contributed by atoms with E-state index in [1.54, 1.807) is 0 Å². The first-order valence-electron chi connectivity index (χ1n) is 6.46. The average Bonchev–Trinajstić information content (AvgIpc) is 2.91. The summed E-state index contributed by atoms with van der Waals surface area (Å²) in [6, 6.07) is 15.8. The molecule has 3 aromatic rings. The predicted octanol–water partition coefficient (Wildman–Crippen LogP) is 3.22. The molecule has 0 amide bonds. The van der Waals surface area contributed by atoms with Crippen LogP contribution in [-0.4, -0.2) is 10.1 Å². The van der Waals surface area contributed by atoms with E-state index in [0.717, 1.165) is 22.4 Å². The van der Waals surface area contributed by atoms with Crippen LogP contribution in [0.3, 0.4) is 0 Å². The molecule has 2 aromatic carbocycles. The normalized spacial score (nSPS) is 10.7. The molecule has 0 atom stereocenters. The Morgan fingerprint density at radius 1 is 1.05 bits per heavy atom. The average molecular weight is 265 g/mol. The maximum atomic E-state index is 5.90. The number of hydrogen-bond acceptors (Lipinski definition) is 4. The first kappa shape index (κ1) is 12.4. The van der Waals surface area contributed by atoms with Gasteiger partial charge in [-0.25, -0.2) is 0 Å². The zero-order chi connectivity index (χ0) is 13.9. The Kier molecular flexibility index (Phi) is 3.21. The highest BCUT2D eigenvalue weighted by Gasteiger charge is 2.12. The highest BCUT2D eigenvalue weighted by Crippen LogP contribution is 2.24. The lowest BCUT2D eigenvalue weighted by Gasteiger charge is -2.03. The Morgan fingerprint density at radius 2 is 1.85 bits per heavy atom. The second kappa shape index (κ2) is 5.17. The van der Waals surface area contributed by atoms with Crippen LogP contribution in [0.5, 0.6) is 0 Å². The second-order valence-corrected chi connectivity index (χ2v) is 4.69. The summed E-state index contributed by atoms with van der Waals surface area (Å²) in [6.07, 6.45) is 0.634. The molecule has 0 aliphatic carbocycles. The van der Waals surface area contributed by atoms with Crippen molar-refractivity contribution in [3.8, 4) is 11.4 Å². The molecule has 0 unspecified atom stereocenters. The number of aromatic nitrogens is 2. The molecule has 1 heterocycles. The monoisotopic (exact) mass is 265 g/mol. The number of hydrogen-bond donors (Lipinski definition) is 1. The SMILES string of the molecule is Cc1c(N)cccc1-c1noc(Cc2ccccc2)n1. The van der Waals surface area contributed by atoms with E-state index in [0.29, 0.717) is 18.1 Å². The lowest BCUT2D eigenvalue weighted by Crippen LogP contribution is -1.93. The summed E-state index contributed by atoms with van der Waals surface area (Å²) in [5.41, 5.74) is 9.66. The van der Waals surface area contributed by atoms with Crippen molar-refractivity contribution in [1.29, 1.82) is 0 Å². The molecular weight excluding hydrogens is 250 g/mol. The Labute approximate surface area is 117 Å². The van der Waals surface area contributed by atoms with Crippen molar-refractivity contribution in [3.05, 3.63) is 65.5 Å². The van der Waals surface area contributed by atoms with E-state index in [1.165, 1.54) is 0 Å². The summed E-state index contributed by atoms with van der Waals surface area (Å²) in [5, 5.41) is 4.04. The van der Waals surface area contributed by atoms with Crippen molar-refractivity contribution in [1.82, 2.24) is 10.1 Å². The van der Waals surface area contributed by atoms with E-state index < -0.39 is 0 Å². The number of rotatable bonds is 3. The van der Waals surface area contributed by atoms with E-state index in [9.17, 15) is 0 Å². The summed E-state index contributed by atoms with van der Waals surface area (Å²) in [6.45, 7) is 1.96. The van der Waals surface area contributed by atoms with Gasteiger partial charge in [0.15, 0.2) is 0 Å². The van der Waals surface area contributed by atoms with Gasteiger partial charge in [-0.3, -0.25) is 0 Å². The fourth-order valence-electron chi connectivity index (χ4n) is 2.10. The largest absolute Gasteiger partial charge is 0.398 e. The van der Waals surface area contributed by atoms with Crippen LogP contribution in [0.4, 0.5) is 5.69 Å². The van der Waals surface area contributed by atoms with Crippen molar-refractivity contribution in [2.75, 3.05) is 5.73 Å². The molecule has 4 nitrogen and oxygen atoms in total. The van der Waals surface area contributed by atoms with Crippen molar-refractivity contribution < 1.29 is 4.52 Å². The third-order valence-corrected chi connectivity index (χ3v) is 3.28. The van der Waals surface area contributed by atoms with Gasteiger partial charge in [-0.2, -0.15) is 4.98 Å². The standard InChI is InChI=1S/C16H15N3O/c1-11-13(8-5-9-14(11)17)16-18-15(20-19-16)10-12-6-3-2-4-7-12/h2-9H,10,17H2,1H3. The fraction of sp³-hybridized carbons (Fsp3) is 0.125. The Balaban J connectivity index is 1.89. The van der Waals surface area contributed by atoms with Crippen LogP contribution >= 0.6 is 0 Å². The summed E-state index contributed by atoms with van der Waals surface area (Å²) in [4.78, 5) is 4.44. The van der Waals surface area contributed by atoms with Crippen LogP contribution in [0.2, 0.25) is 0 Å². The Morgan fingerprint density at radius 3 is 2.65 bits per heavy atom. The minimum atomic E-state index is 0.584. The van der Waals surface area contributed by atoms with E-state index in [4.69, 9.17) is 10.3 Å². The van der Waals surface area contributed by atoms with Crippen LogP contribution in [0.15, 0.2) is 53.1 Å². The zero-order valence-corrected chi connectivity index (χ0v) is 11.2. The highest BCUT2D eigenvalue weighted by molar-refractivity contribution is 5.67. The molecule has 0 fully saturated rings. The van der Waals surface area contributed by atoms with Gasteiger partial charge in [0.05, 0.1) is 6.42 Å². The van der Waals surface area contributed by atoms with Gasteiger partial charge >= 0.3 is 0 Å². The van der Waals surface area contributed by atoms with Crippen molar-refractivity contribution in [3.63, 3.8) is 0 Å². The molecule has 0 bridgehead atoms. The molecule has 3 rings (SSSR count). The molecule has 20 heavy (non-hydrogen) atoms. The minimum Gasteiger partial charge on any atom is -0.398 e. The minimum absolute atomic E-state index is 0.584. The molecular formula is C16H15N3O. The number of nitrogens with zero attached hydrogens (tertiary/aromatic N) is 2. The molecule has 2 N–H and O–H groups in total. The van der Waals surface area contributed by atoms with E-state index in [-0.39, 0.29) is 0 Å². The van der Waals surface area contributed by atoms with Crippen LogP contribution in [0.25, 0.3) is 11.4 Å². The van der Waals surface area contributed by atoms with E-state index >= 15 is 0 Å². The van der Waals surface area contributed by atoms with Gasteiger partial charge in [0.1, 0.15) is 0 Å². The first-order valence-corrected chi connectivity index (χ1v) is 6.46. The Bertz CT molecular complexity index is 720. The highest BCUT2D eigenvalue weighted by atomic mass is 16.5. The summed E-state index contributed by atoms with van der Waals surface area (Å²) in [7, 11) is 0. The van der Waals surface area contributed by atoms with Crippen LogP contribution < -0.4 is 5.73 Å².